The van der Waals surface area contributed by atoms with Crippen molar-refractivity contribution in [1.29, 1.82) is 0 Å². The second-order valence-corrected chi connectivity index (χ2v) is 7.86. The Labute approximate surface area is 170 Å². The summed E-state index contributed by atoms with van der Waals surface area (Å²) >= 11 is 0. The van der Waals surface area contributed by atoms with Crippen molar-refractivity contribution in [3.8, 4) is 0 Å². The summed E-state index contributed by atoms with van der Waals surface area (Å²) in [7, 11) is 0. The predicted octanol–water partition coefficient (Wildman–Crippen LogP) is 3.23. The molecule has 6 heteroatoms. The Balaban J connectivity index is 0.00000169. The first-order valence-corrected chi connectivity index (χ1v) is 9.38. The molecule has 26 heavy (non-hydrogen) atoms. The molecule has 3 unspecified atom stereocenters. The molecule has 0 radical (unpaired) electrons. The van der Waals surface area contributed by atoms with Gasteiger partial charge in [0.1, 0.15) is 0 Å². The van der Waals surface area contributed by atoms with Gasteiger partial charge in [0.05, 0.1) is 5.92 Å². The maximum Gasteiger partial charge on any atom is 0.224 e. The molecule has 1 aromatic carbocycles. The molecule has 0 spiro atoms. The topological polar surface area (TPSA) is 44.4 Å². The van der Waals surface area contributed by atoms with Crippen LogP contribution in [0.1, 0.15) is 37.8 Å². The number of benzene rings is 1. The SMILES string of the molecule is CC1CC(C)CN(Cc2ccc(CNC(=O)C3CCNC3)cc2)C1.Cl.Cl. The lowest BCUT2D eigenvalue weighted by atomic mass is 9.91. The molecule has 2 aliphatic heterocycles. The first-order chi connectivity index (χ1) is 11.6. The van der Waals surface area contributed by atoms with Gasteiger partial charge in [0.25, 0.3) is 0 Å². The van der Waals surface area contributed by atoms with Crippen LogP contribution in [0.4, 0.5) is 0 Å². The third-order valence-electron chi connectivity index (χ3n) is 5.27. The number of amides is 1. The third-order valence-corrected chi connectivity index (χ3v) is 5.27. The first-order valence-electron chi connectivity index (χ1n) is 9.38. The van der Waals surface area contributed by atoms with Crippen molar-refractivity contribution >= 4 is 30.7 Å². The molecule has 0 bridgehead atoms. The van der Waals surface area contributed by atoms with Crippen LogP contribution in [0, 0.1) is 17.8 Å². The van der Waals surface area contributed by atoms with Crippen LogP contribution in [0.3, 0.4) is 0 Å². The molecular weight excluding hydrogens is 369 g/mol. The van der Waals surface area contributed by atoms with Gasteiger partial charge >= 0.3 is 0 Å². The number of halogens is 2. The molecule has 0 aromatic heterocycles. The maximum atomic E-state index is 12.1. The van der Waals surface area contributed by atoms with Crippen molar-refractivity contribution in [1.82, 2.24) is 15.5 Å². The maximum absolute atomic E-state index is 12.1. The van der Waals surface area contributed by atoms with Crippen LogP contribution in [0.15, 0.2) is 24.3 Å². The van der Waals surface area contributed by atoms with Crippen molar-refractivity contribution < 1.29 is 4.79 Å². The van der Waals surface area contributed by atoms with Crippen LogP contribution in [0.2, 0.25) is 0 Å². The molecule has 2 N–H and O–H groups in total. The second kappa shape index (κ2) is 11.1. The van der Waals surface area contributed by atoms with Crippen LogP contribution in [0.25, 0.3) is 0 Å². The first kappa shape index (κ1) is 23.2. The normalized spacial score (nSPS) is 25.8. The zero-order chi connectivity index (χ0) is 16.9. The standard InChI is InChI=1S/C20H31N3O.2ClH/c1-15-9-16(2)13-23(12-15)14-18-5-3-17(4-6-18)10-22-20(24)19-7-8-21-11-19;;/h3-6,15-16,19,21H,7-14H2,1-2H3,(H,22,24);2*1H. The van der Waals surface area contributed by atoms with Gasteiger partial charge in [0, 0.05) is 32.7 Å². The quantitative estimate of drug-likeness (QED) is 0.795. The summed E-state index contributed by atoms with van der Waals surface area (Å²) in [6.07, 6.45) is 2.31. The highest BCUT2D eigenvalue weighted by molar-refractivity contribution is 5.85. The molecular formula is C20H33Cl2N3O. The number of nitrogens with one attached hydrogen (secondary N) is 2. The van der Waals surface area contributed by atoms with Gasteiger partial charge in [-0.3, -0.25) is 9.69 Å². The van der Waals surface area contributed by atoms with Crippen molar-refractivity contribution in [3.05, 3.63) is 35.4 Å². The number of carbonyl (C=O) groups excluding carboxylic acids is 1. The Hall–Kier alpha value is -0.810. The molecule has 3 atom stereocenters. The molecule has 148 valence electrons. The Morgan fingerprint density at radius 2 is 1.73 bits per heavy atom. The fourth-order valence-corrected chi connectivity index (χ4v) is 4.15. The van der Waals surface area contributed by atoms with Crippen LogP contribution in [-0.4, -0.2) is 37.0 Å². The molecule has 2 heterocycles. The fourth-order valence-electron chi connectivity index (χ4n) is 4.15. The van der Waals surface area contributed by atoms with Crippen molar-refractivity contribution in [3.63, 3.8) is 0 Å². The van der Waals surface area contributed by atoms with Crippen molar-refractivity contribution in [2.45, 2.75) is 39.8 Å². The summed E-state index contributed by atoms with van der Waals surface area (Å²) < 4.78 is 0. The highest BCUT2D eigenvalue weighted by atomic mass is 35.5. The van der Waals surface area contributed by atoms with Crippen molar-refractivity contribution in [2.24, 2.45) is 17.8 Å². The van der Waals surface area contributed by atoms with Gasteiger partial charge in [0.15, 0.2) is 0 Å². The molecule has 0 aliphatic carbocycles. The number of hydrogen-bond acceptors (Lipinski definition) is 3. The van der Waals surface area contributed by atoms with Gasteiger partial charge in [-0.25, -0.2) is 0 Å². The fraction of sp³-hybridized carbons (Fsp3) is 0.650. The van der Waals surface area contributed by atoms with Crippen molar-refractivity contribution in [2.75, 3.05) is 26.2 Å². The average molecular weight is 402 g/mol. The molecule has 1 aromatic rings. The van der Waals surface area contributed by atoms with E-state index in [4.69, 9.17) is 0 Å². The Bertz CT molecular complexity index is 536. The lowest BCUT2D eigenvalue weighted by Gasteiger charge is -2.35. The molecule has 1 amide bonds. The van der Waals surface area contributed by atoms with E-state index in [1.165, 1.54) is 30.6 Å². The Morgan fingerprint density at radius 3 is 2.31 bits per heavy atom. The van der Waals surface area contributed by atoms with E-state index in [1.807, 2.05) is 0 Å². The van der Waals surface area contributed by atoms with Crippen LogP contribution in [0.5, 0.6) is 0 Å². The predicted molar refractivity (Wildman–Crippen MR) is 112 cm³/mol. The number of hydrogen-bond donors (Lipinski definition) is 2. The van der Waals surface area contributed by atoms with Crippen LogP contribution < -0.4 is 10.6 Å². The summed E-state index contributed by atoms with van der Waals surface area (Å²) in [5.41, 5.74) is 2.55. The minimum Gasteiger partial charge on any atom is -0.352 e. The van der Waals surface area contributed by atoms with Crippen LogP contribution >= 0.6 is 24.8 Å². The summed E-state index contributed by atoms with van der Waals surface area (Å²) in [4.78, 5) is 14.6. The minimum atomic E-state index is 0. The van der Waals surface area contributed by atoms with Gasteiger partial charge in [-0.1, -0.05) is 38.1 Å². The highest BCUT2D eigenvalue weighted by Gasteiger charge is 2.22. The highest BCUT2D eigenvalue weighted by Crippen LogP contribution is 2.22. The lowest BCUT2D eigenvalue weighted by Crippen LogP contribution is -2.38. The number of carbonyl (C=O) groups is 1. The van der Waals surface area contributed by atoms with E-state index in [2.05, 4.69) is 53.6 Å². The monoisotopic (exact) mass is 401 g/mol. The van der Waals surface area contributed by atoms with Gasteiger partial charge in [0.2, 0.25) is 5.91 Å². The van der Waals surface area contributed by atoms with E-state index in [1.54, 1.807) is 0 Å². The molecule has 2 aliphatic rings. The van der Waals surface area contributed by atoms with Gasteiger partial charge in [-0.2, -0.15) is 0 Å². The molecule has 0 saturated carbocycles. The van der Waals surface area contributed by atoms with E-state index in [0.717, 1.165) is 37.9 Å². The summed E-state index contributed by atoms with van der Waals surface area (Å²) in [6, 6.07) is 8.73. The average Bonchev–Trinajstić information content (AvgIpc) is 3.07. The van der Waals surface area contributed by atoms with Gasteiger partial charge < -0.3 is 10.6 Å². The molecule has 3 rings (SSSR count). The number of rotatable bonds is 5. The summed E-state index contributed by atoms with van der Waals surface area (Å²) in [5, 5.41) is 6.30. The van der Waals surface area contributed by atoms with E-state index in [0.29, 0.717) is 6.54 Å². The van der Waals surface area contributed by atoms with E-state index in [9.17, 15) is 4.79 Å². The summed E-state index contributed by atoms with van der Waals surface area (Å²) in [6.45, 7) is 10.6. The van der Waals surface area contributed by atoms with Crippen LogP contribution in [-0.2, 0) is 17.9 Å². The smallest absolute Gasteiger partial charge is 0.224 e. The molecule has 4 nitrogen and oxygen atoms in total. The zero-order valence-corrected chi connectivity index (χ0v) is 17.5. The molecule has 2 saturated heterocycles. The van der Waals surface area contributed by atoms with Gasteiger partial charge in [-0.15, -0.1) is 24.8 Å². The van der Waals surface area contributed by atoms with E-state index in [-0.39, 0.29) is 36.6 Å². The third kappa shape index (κ3) is 6.73. The van der Waals surface area contributed by atoms with E-state index < -0.39 is 0 Å². The minimum absolute atomic E-state index is 0. The Morgan fingerprint density at radius 1 is 1.12 bits per heavy atom. The number of piperidine rings is 1. The molecule has 2 fully saturated rings. The lowest BCUT2D eigenvalue weighted by molar-refractivity contribution is -0.124. The number of nitrogens with zero attached hydrogens (tertiary/aromatic N) is 1. The number of likely N-dealkylation sites (tertiary alicyclic amines) is 1. The largest absolute Gasteiger partial charge is 0.352 e. The summed E-state index contributed by atoms with van der Waals surface area (Å²) in [5.74, 6) is 1.93. The van der Waals surface area contributed by atoms with E-state index >= 15 is 0 Å². The second-order valence-electron chi connectivity index (χ2n) is 7.86. The Kier molecular flexibility index (Phi) is 9.94. The van der Waals surface area contributed by atoms with Gasteiger partial charge in [-0.05, 0) is 42.3 Å². The zero-order valence-electron chi connectivity index (χ0n) is 15.9.